The quantitative estimate of drug-likeness (QED) is 0.410. The normalized spacial score (nSPS) is 12.2. The summed E-state index contributed by atoms with van der Waals surface area (Å²) in [5.74, 6) is 0.143. The summed E-state index contributed by atoms with van der Waals surface area (Å²) in [6, 6.07) is 19.5. The van der Waals surface area contributed by atoms with Gasteiger partial charge in [0.2, 0.25) is 0 Å². The van der Waals surface area contributed by atoms with E-state index in [1.807, 2.05) is 37.3 Å². The Morgan fingerprint density at radius 1 is 1.12 bits per heavy atom. The second kappa shape index (κ2) is 8.23. The van der Waals surface area contributed by atoms with Gasteiger partial charge in [0.25, 0.3) is 11.5 Å². The van der Waals surface area contributed by atoms with E-state index in [1.54, 1.807) is 36.5 Å². The van der Waals surface area contributed by atoms with E-state index >= 15 is 0 Å². The Kier molecular flexibility index (Phi) is 5.10. The van der Waals surface area contributed by atoms with E-state index < -0.39 is 5.91 Å². The van der Waals surface area contributed by atoms with Crippen LogP contribution in [-0.4, -0.2) is 19.9 Å². The lowest BCUT2D eigenvalue weighted by molar-refractivity contribution is 0.0937. The molecule has 5 rings (SSSR count). The molecule has 0 radical (unpaired) electrons. The summed E-state index contributed by atoms with van der Waals surface area (Å²) in [5.41, 5.74) is 1.44. The predicted octanol–water partition coefficient (Wildman–Crippen LogP) is 3.26. The molecule has 0 unspecified atom stereocenters. The third-order valence-corrected chi connectivity index (χ3v) is 5.60. The number of furan rings is 1. The summed E-state index contributed by atoms with van der Waals surface area (Å²) in [4.78, 5) is 31.1. The molecule has 1 aromatic carbocycles. The number of hydrogen-bond acceptors (Lipinski definition) is 5. The second-order valence-corrected chi connectivity index (χ2v) is 7.76. The number of nitrogens with one attached hydrogen (secondary N) is 2. The van der Waals surface area contributed by atoms with Crippen LogP contribution in [0.25, 0.3) is 16.7 Å². The second-order valence-electron chi connectivity index (χ2n) is 7.76. The highest BCUT2D eigenvalue weighted by Crippen LogP contribution is 2.15. The summed E-state index contributed by atoms with van der Waals surface area (Å²) in [5, 5.41) is 12.0. The van der Waals surface area contributed by atoms with Crippen LogP contribution < -0.4 is 16.4 Å². The van der Waals surface area contributed by atoms with Gasteiger partial charge in [-0.1, -0.05) is 36.4 Å². The van der Waals surface area contributed by atoms with E-state index in [-0.39, 0.29) is 34.6 Å². The number of pyridine rings is 2. The summed E-state index contributed by atoms with van der Waals surface area (Å²) in [7, 11) is 0. The van der Waals surface area contributed by atoms with Crippen molar-refractivity contribution in [2.45, 2.75) is 19.5 Å². The van der Waals surface area contributed by atoms with Crippen molar-refractivity contribution in [2.75, 3.05) is 0 Å². The summed E-state index contributed by atoms with van der Waals surface area (Å²) < 4.78 is 8.43. The van der Waals surface area contributed by atoms with E-state index in [9.17, 15) is 9.59 Å². The minimum atomic E-state index is -0.441. The molecule has 4 aromatic heterocycles. The Labute approximate surface area is 188 Å². The lowest BCUT2D eigenvalue weighted by Gasteiger charge is -2.17. The molecule has 0 aliphatic rings. The van der Waals surface area contributed by atoms with Gasteiger partial charge in [-0.15, -0.1) is 0 Å². The van der Waals surface area contributed by atoms with Gasteiger partial charge in [0.1, 0.15) is 22.5 Å². The number of carbonyl (C=O) groups is 1. The minimum Gasteiger partial charge on any atom is -0.467 e. The highest BCUT2D eigenvalue weighted by Gasteiger charge is 2.19. The zero-order valence-electron chi connectivity index (χ0n) is 17.9. The monoisotopic (exact) mass is 439 g/mol. The number of rotatable bonds is 5. The van der Waals surface area contributed by atoms with Crippen molar-refractivity contribution in [1.29, 1.82) is 5.41 Å². The smallest absolute Gasteiger partial charge is 0.267 e. The number of nitrogens with zero attached hydrogens (tertiary/aromatic N) is 3. The average Bonchev–Trinajstić information content (AvgIpc) is 3.35. The molecular weight excluding hydrogens is 418 g/mol. The first kappa shape index (κ1) is 20.4. The van der Waals surface area contributed by atoms with Crippen molar-refractivity contribution < 1.29 is 9.21 Å². The Hall–Kier alpha value is -4.46. The molecule has 2 N–H and O–H groups in total. The molecule has 0 aliphatic carbocycles. The van der Waals surface area contributed by atoms with Crippen molar-refractivity contribution in [3.8, 4) is 0 Å². The number of hydrogen-bond donors (Lipinski definition) is 2. The largest absolute Gasteiger partial charge is 0.467 e. The van der Waals surface area contributed by atoms with E-state index in [1.165, 1.54) is 21.3 Å². The summed E-state index contributed by atoms with van der Waals surface area (Å²) in [6.07, 6.45) is 3.17. The van der Waals surface area contributed by atoms with E-state index in [0.717, 1.165) is 5.56 Å². The lowest BCUT2D eigenvalue weighted by Crippen LogP contribution is -2.36. The first-order valence-corrected chi connectivity index (χ1v) is 10.5. The van der Waals surface area contributed by atoms with Crippen LogP contribution in [0.3, 0.4) is 0 Å². The minimum absolute atomic E-state index is 0.0520. The highest BCUT2D eigenvalue weighted by atomic mass is 16.3. The van der Waals surface area contributed by atoms with Gasteiger partial charge < -0.3 is 14.3 Å². The van der Waals surface area contributed by atoms with E-state index in [2.05, 4.69) is 10.3 Å². The molecule has 0 saturated heterocycles. The van der Waals surface area contributed by atoms with Crippen LogP contribution in [0.4, 0.5) is 0 Å². The zero-order valence-corrected chi connectivity index (χ0v) is 17.9. The Morgan fingerprint density at radius 3 is 2.67 bits per heavy atom. The van der Waals surface area contributed by atoms with Crippen molar-refractivity contribution in [1.82, 2.24) is 19.3 Å². The van der Waals surface area contributed by atoms with Gasteiger partial charge in [-0.05, 0) is 42.8 Å². The highest BCUT2D eigenvalue weighted by molar-refractivity contribution is 5.97. The van der Waals surface area contributed by atoms with Crippen molar-refractivity contribution >= 4 is 22.6 Å². The standard InChI is InChI=1S/C25H21N5O3/c1-16(17-8-3-2-4-9-17)27-24(31)19-14-20-23(28-21-11-5-6-12-29(21)25(20)32)30(22(19)26)15-18-10-7-13-33-18/h2-14,16,26H,15H2,1H3,(H,27,31)/t16-/m0/s1. The van der Waals surface area contributed by atoms with Crippen molar-refractivity contribution in [3.05, 3.63) is 112 Å². The molecule has 33 heavy (non-hydrogen) atoms. The Morgan fingerprint density at radius 2 is 1.91 bits per heavy atom. The molecule has 4 heterocycles. The van der Waals surface area contributed by atoms with Gasteiger partial charge in [-0.25, -0.2) is 4.98 Å². The topological polar surface area (TPSA) is 105 Å². The van der Waals surface area contributed by atoms with Gasteiger partial charge in [0.05, 0.1) is 29.8 Å². The average molecular weight is 439 g/mol. The molecule has 0 fully saturated rings. The van der Waals surface area contributed by atoms with Gasteiger partial charge in [-0.2, -0.15) is 0 Å². The van der Waals surface area contributed by atoms with Crippen LogP contribution >= 0.6 is 0 Å². The molecule has 8 nitrogen and oxygen atoms in total. The summed E-state index contributed by atoms with van der Waals surface area (Å²) in [6.45, 7) is 2.03. The molecule has 0 bridgehead atoms. The van der Waals surface area contributed by atoms with Crippen molar-refractivity contribution in [2.24, 2.45) is 0 Å². The van der Waals surface area contributed by atoms with Crippen LogP contribution in [0.2, 0.25) is 0 Å². The molecule has 0 aliphatic heterocycles. The van der Waals surface area contributed by atoms with Crippen molar-refractivity contribution in [3.63, 3.8) is 0 Å². The van der Waals surface area contributed by atoms with Crippen LogP contribution in [-0.2, 0) is 6.54 Å². The first-order chi connectivity index (χ1) is 16.0. The number of aromatic nitrogens is 3. The van der Waals surface area contributed by atoms with Crippen LogP contribution in [0.5, 0.6) is 0 Å². The van der Waals surface area contributed by atoms with Gasteiger partial charge in [-0.3, -0.25) is 19.4 Å². The fourth-order valence-corrected chi connectivity index (χ4v) is 3.87. The van der Waals surface area contributed by atoms with Gasteiger partial charge >= 0.3 is 0 Å². The Balaban J connectivity index is 1.68. The maximum atomic E-state index is 13.3. The molecular formula is C25H21N5O3. The third-order valence-electron chi connectivity index (χ3n) is 5.60. The fraction of sp³-hybridized carbons (Fsp3) is 0.120. The number of fused-ring (bicyclic) bond motifs is 2. The zero-order chi connectivity index (χ0) is 22.9. The fourth-order valence-electron chi connectivity index (χ4n) is 3.87. The first-order valence-electron chi connectivity index (χ1n) is 10.5. The van der Waals surface area contributed by atoms with E-state index in [4.69, 9.17) is 9.83 Å². The SMILES string of the molecule is C[C@H](NC(=O)c1cc2c(=O)n3ccccc3nc2n(Cc2ccco2)c1=N)c1ccccc1. The number of carbonyl (C=O) groups excluding carboxylic acids is 1. The van der Waals surface area contributed by atoms with E-state index in [0.29, 0.717) is 17.1 Å². The van der Waals surface area contributed by atoms with Crippen LogP contribution in [0, 0.1) is 5.41 Å². The molecule has 8 heteroatoms. The third kappa shape index (κ3) is 3.71. The maximum absolute atomic E-state index is 13.3. The molecule has 1 amide bonds. The summed E-state index contributed by atoms with van der Waals surface area (Å²) >= 11 is 0. The maximum Gasteiger partial charge on any atom is 0.267 e. The van der Waals surface area contributed by atoms with Gasteiger partial charge in [0.15, 0.2) is 0 Å². The molecule has 1 atom stereocenters. The molecule has 0 saturated carbocycles. The number of benzene rings is 1. The Bertz CT molecular complexity index is 1580. The van der Waals surface area contributed by atoms with Gasteiger partial charge in [0, 0.05) is 6.20 Å². The van der Waals surface area contributed by atoms with Crippen LogP contribution in [0.15, 0.2) is 88.4 Å². The molecule has 164 valence electrons. The molecule has 5 aromatic rings. The number of amides is 1. The lowest BCUT2D eigenvalue weighted by atomic mass is 10.1. The van der Waals surface area contributed by atoms with Crippen LogP contribution in [0.1, 0.15) is 34.6 Å². The molecule has 0 spiro atoms. The predicted molar refractivity (Wildman–Crippen MR) is 123 cm³/mol.